The molecule has 1 aromatic carbocycles. The fraction of sp³-hybridized carbons (Fsp3) is 0.125. The van der Waals surface area contributed by atoms with E-state index >= 15 is 0 Å². The van der Waals surface area contributed by atoms with E-state index in [1.165, 1.54) is 5.69 Å². The summed E-state index contributed by atoms with van der Waals surface area (Å²) in [5.74, 6) is -0.922. The summed E-state index contributed by atoms with van der Waals surface area (Å²) in [5, 5.41) is 8.29. The van der Waals surface area contributed by atoms with Crippen molar-refractivity contribution < 1.29 is 9.90 Å². The number of carboxylic acids is 1. The van der Waals surface area contributed by atoms with E-state index in [9.17, 15) is 4.79 Å². The van der Waals surface area contributed by atoms with Crippen molar-refractivity contribution in [3.8, 4) is 0 Å². The van der Waals surface area contributed by atoms with Crippen molar-refractivity contribution >= 4 is 17.7 Å². The molecule has 0 radical (unpaired) electrons. The van der Waals surface area contributed by atoms with Crippen molar-refractivity contribution in [2.75, 3.05) is 19.0 Å². The van der Waals surface area contributed by atoms with Crippen LogP contribution in [0.3, 0.4) is 0 Å². The van der Waals surface area contributed by atoms with Crippen LogP contribution in [0.25, 0.3) is 6.08 Å². The van der Waals surface area contributed by atoms with Gasteiger partial charge >= 0.3 is 5.97 Å². The third-order valence-corrected chi connectivity index (χ3v) is 2.40. The molecule has 0 aliphatic heterocycles. The predicted octanol–water partition coefficient (Wildman–Crippen LogP) is 2.93. The molecule has 4 heteroatoms. The Morgan fingerprint density at radius 3 is 2.15 bits per heavy atom. The Hall–Kier alpha value is -2.62. The van der Waals surface area contributed by atoms with Crippen LogP contribution in [0.15, 0.2) is 60.9 Å². The predicted molar refractivity (Wildman–Crippen MR) is 81.7 cm³/mol. The van der Waals surface area contributed by atoms with Crippen LogP contribution in [-0.4, -0.2) is 30.2 Å². The summed E-state index contributed by atoms with van der Waals surface area (Å²) in [6.45, 7) is 0. The summed E-state index contributed by atoms with van der Waals surface area (Å²) in [4.78, 5) is 16.0. The van der Waals surface area contributed by atoms with Gasteiger partial charge in [-0.05, 0) is 23.8 Å². The SMILES string of the molecule is CN(C)c1ccncc1.O=C(O)C=Cc1ccccc1. The van der Waals surface area contributed by atoms with Gasteiger partial charge in [-0.3, -0.25) is 4.98 Å². The number of carboxylic acid groups (broad SMARTS) is 1. The number of benzene rings is 1. The van der Waals surface area contributed by atoms with Crippen molar-refractivity contribution in [1.82, 2.24) is 4.98 Å². The summed E-state index contributed by atoms with van der Waals surface area (Å²) in [5.41, 5.74) is 2.08. The van der Waals surface area contributed by atoms with Gasteiger partial charge < -0.3 is 10.0 Å². The molecule has 4 nitrogen and oxygen atoms in total. The lowest BCUT2D eigenvalue weighted by Gasteiger charge is -2.10. The van der Waals surface area contributed by atoms with E-state index in [4.69, 9.17) is 5.11 Å². The quantitative estimate of drug-likeness (QED) is 0.871. The van der Waals surface area contributed by atoms with Gasteiger partial charge in [-0.2, -0.15) is 0 Å². The molecule has 0 saturated carbocycles. The van der Waals surface area contributed by atoms with Gasteiger partial charge in [0.15, 0.2) is 0 Å². The first-order valence-corrected chi connectivity index (χ1v) is 6.13. The minimum Gasteiger partial charge on any atom is -0.478 e. The third kappa shape index (κ3) is 6.35. The first-order chi connectivity index (χ1) is 9.59. The van der Waals surface area contributed by atoms with E-state index in [2.05, 4.69) is 4.98 Å². The second-order valence-electron chi connectivity index (χ2n) is 4.18. The maximum absolute atomic E-state index is 10.1. The minimum atomic E-state index is -0.922. The highest BCUT2D eigenvalue weighted by Crippen LogP contribution is 2.05. The first-order valence-electron chi connectivity index (χ1n) is 6.13. The molecule has 2 aromatic rings. The normalized spacial score (nSPS) is 9.70. The average Bonchev–Trinajstić information content (AvgIpc) is 2.48. The number of anilines is 1. The van der Waals surface area contributed by atoms with E-state index in [1.54, 1.807) is 18.5 Å². The highest BCUT2D eigenvalue weighted by Gasteiger charge is 1.88. The number of aromatic nitrogens is 1. The van der Waals surface area contributed by atoms with Crippen LogP contribution in [0.5, 0.6) is 0 Å². The lowest BCUT2D eigenvalue weighted by atomic mass is 10.2. The molecule has 2 rings (SSSR count). The van der Waals surface area contributed by atoms with Crippen LogP contribution >= 0.6 is 0 Å². The van der Waals surface area contributed by atoms with Crippen molar-refractivity contribution in [3.05, 3.63) is 66.5 Å². The number of pyridine rings is 1. The third-order valence-electron chi connectivity index (χ3n) is 2.40. The van der Waals surface area contributed by atoms with E-state index in [0.29, 0.717) is 0 Å². The molecule has 0 saturated heterocycles. The molecule has 0 spiro atoms. The molecule has 20 heavy (non-hydrogen) atoms. The molecule has 0 aliphatic rings. The molecule has 1 heterocycles. The number of hydrogen-bond donors (Lipinski definition) is 1. The van der Waals surface area contributed by atoms with Gasteiger partial charge in [0, 0.05) is 38.3 Å². The van der Waals surface area contributed by atoms with Crippen LogP contribution in [0, 0.1) is 0 Å². The summed E-state index contributed by atoms with van der Waals surface area (Å²) < 4.78 is 0. The molecule has 1 N–H and O–H groups in total. The molecule has 0 unspecified atom stereocenters. The Morgan fingerprint density at radius 2 is 1.70 bits per heavy atom. The summed E-state index contributed by atoms with van der Waals surface area (Å²) in [6.07, 6.45) is 6.25. The number of hydrogen-bond acceptors (Lipinski definition) is 3. The highest BCUT2D eigenvalue weighted by molar-refractivity contribution is 5.85. The molecule has 0 fully saturated rings. The van der Waals surface area contributed by atoms with Crippen LogP contribution in [0.2, 0.25) is 0 Å². The van der Waals surface area contributed by atoms with Gasteiger partial charge in [-0.25, -0.2) is 4.79 Å². The van der Waals surface area contributed by atoms with Crippen molar-refractivity contribution in [3.63, 3.8) is 0 Å². The molecule has 0 bridgehead atoms. The smallest absolute Gasteiger partial charge is 0.328 e. The molecule has 0 aliphatic carbocycles. The maximum atomic E-state index is 10.1. The van der Waals surface area contributed by atoms with E-state index in [1.807, 2.05) is 61.5 Å². The second-order valence-corrected chi connectivity index (χ2v) is 4.18. The van der Waals surface area contributed by atoms with Crippen molar-refractivity contribution in [1.29, 1.82) is 0 Å². The zero-order chi connectivity index (χ0) is 14.8. The molecule has 0 atom stereocenters. The standard InChI is InChI=1S/C9H8O2.C7H10N2/c10-9(11)7-6-8-4-2-1-3-5-8;1-9(2)7-3-5-8-6-4-7/h1-7H,(H,10,11);3-6H,1-2H3. The Bertz CT molecular complexity index is 537. The monoisotopic (exact) mass is 270 g/mol. The van der Waals surface area contributed by atoms with Crippen LogP contribution < -0.4 is 4.90 Å². The molecule has 104 valence electrons. The second kappa shape index (κ2) is 8.48. The Balaban J connectivity index is 0.000000204. The van der Waals surface area contributed by atoms with Crippen LogP contribution in [0.4, 0.5) is 5.69 Å². The van der Waals surface area contributed by atoms with Gasteiger partial charge in [-0.15, -0.1) is 0 Å². The fourth-order valence-electron chi connectivity index (χ4n) is 1.37. The fourth-order valence-corrected chi connectivity index (χ4v) is 1.37. The van der Waals surface area contributed by atoms with Gasteiger partial charge in [0.1, 0.15) is 0 Å². The molecular formula is C16H18N2O2. The average molecular weight is 270 g/mol. The zero-order valence-corrected chi connectivity index (χ0v) is 11.6. The van der Waals surface area contributed by atoms with Crippen molar-refractivity contribution in [2.45, 2.75) is 0 Å². The van der Waals surface area contributed by atoms with Crippen molar-refractivity contribution in [2.24, 2.45) is 0 Å². The first kappa shape index (κ1) is 15.4. The van der Waals surface area contributed by atoms with E-state index < -0.39 is 5.97 Å². The molecule has 1 aromatic heterocycles. The molecule has 0 amide bonds. The van der Waals surface area contributed by atoms with Gasteiger partial charge in [0.2, 0.25) is 0 Å². The number of nitrogens with zero attached hydrogens (tertiary/aromatic N) is 2. The Kier molecular flexibility index (Phi) is 6.54. The van der Waals surface area contributed by atoms with Crippen LogP contribution in [-0.2, 0) is 4.79 Å². The largest absolute Gasteiger partial charge is 0.478 e. The number of aliphatic carboxylic acids is 1. The lowest BCUT2D eigenvalue weighted by molar-refractivity contribution is -0.131. The summed E-state index contributed by atoms with van der Waals surface area (Å²) in [7, 11) is 4.02. The topological polar surface area (TPSA) is 53.4 Å². The highest BCUT2D eigenvalue weighted by atomic mass is 16.4. The van der Waals surface area contributed by atoms with Gasteiger partial charge in [0.05, 0.1) is 0 Å². The maximum Gasteiger partial charge on any atom is 0.328 e. The number of rotatable bonds is 3. The zero-order valence-electron chi connectivity index (χ0n) is 11.6. The van der Waals surface area contributed by atoms with E-state index in [0.717, 1.165) is 11.6 Å². The minimum absolute atomic E-state index is 0.898. The van der Waals surface area contributed by atoms with Gasteiger partial charge in [-0.1, -0.05) is 30.3 Å². The number of carbonyl (C=O) groups is 1. The molecular weight excluding hydrogens is 252 g/mol. The summed E-state index contributed by atoms with van der Waals surface area (Å²) >= 11 is 0. The Labute approximate surface area is 119 Å². The summed E-state index contributed by atoms with van der Waals surface area (Å²) in [6, 6.07) is 13.3. The van der Waals surface area contributed by atoms with Gasteiger partial charge in [0.25, 0.3) is 0 Å². The Morgan fingerprint density at radius 1 is 1.10 bits per heavy atom. The lowest BCUT2D eigenvalue weighted by Crippen LogP contribution is -2.07. The van der Waals surface area contributed by atoms with Crippen LogP contribution in [0.1, 0.15) is 5.56 Å². The van der Waals surface area contributed by atoms with E-state index in [-0.39, 0.29) is 0 Å².